The van der Waals surface area contributed by atoms with Gasteiger partial charge in [-0.25, -0.2) is 4.39 Å². The molecule has 0 aliphatic carbocycles. The first kappa shape index (κ1) is 13.5. The van der Waals surface area contributed by atoms with Gasteiger partial charge in [-0.3, -0.25) is 0 Å². The Morgan fingerprint density at radius 3 is 2.21 bits per heavy atom. The van der Waals surface area contributed by atoms with Crippen LogP contribution in [0.25, 0.3) is 16.7 Å². The minimum Gasteiger partial charge on any atom is -0.207 e. The van der Waals surface area contributed by atoms with E-state index in [1.807, 2.05) is 25.1 Å². The van der Waals surface area contributed by atoms with E-state index in [0.717, 1.165) is 16.7 Å². The van der Waals surface area contributed by atoms with E-state index in [0.29, 0.717) is 5.92 Å². The van der Waals surface area contributed by atoms with Gasteiger partial charge in [0.1, 0.15) is 5.82 Å². The molecule has 98 valence electrons. The first-order valence-corrected chi connectivity index (χ1v) is 6.55. The van der Waals surface area contributed by atoms with Crippen LogP contribution in [0.3, 0.4) is 0 Å². The molecule has 0 amide bonds. The van der Waals surface area contributed by atoms with Crippen LogP contribution in [-0.2, 0) is 0 Å². The van der Waals surface area contributed by atoms with Gasteiger partial charge in [0.15, 0.2) is 0 Å². The zero-order valence-corrected chi connectivity index (χ0v) is 11.7. The van der Waals surface area contributed by atoms with Crippen LogP contribution >= 0.6 is 0 Å². The molecule has 0 radical (unpaired) electrons. The second kappa shape index (κ2) is 5.40. The van der Waals surface area contributed by atoms with Gasteiger partial charge in [-0.15, -0.1) is 0 Å². The number of hydrogen-bond donors (Lipinski definition) is 0. The van der Waals surface area contributed by atoms with Gasteiger partial charge in [0.2, 0.25) is 0 Å². The Kier molecular flexibility index (Phi) is 3.84. The summed E-state index contributed by atoms with van der Waals surface area (Å²) >= 11 is 0. The Balaban J connectivity index is 2.66. The highest BCUT2D eigenvalue weighted by molar-refractivity contribution is 5.76. The van der Waals surface area contributed by atoms with Gasteiger partial charge >= 0.3 is 0 Å². The molecule has 0 aliphatic rings. The van der Waals surface area contributed by atoms with Crippen molar-refractivity contribution in [3.05, 3.63) is 66.0 Å². The minimum absolute atomic E-state index is 0.203. The zero-order valence-electron chi connectivity index (χ0n) is 11.7. The number of hydrogen-bond acceptors (Lipinski definition) is 0. The average molecular weight is 254 g/mol. The topological polar surface area (TPSA) is 0 Å². The van der Waals surface area contributed by atoms with Crippen molar-refractivity contribution in [2.75, 3.05) is 0 Å². The lowest BCUT2D eigenvalue weighted by Gasteiger charge is -2.18. The van der Waals surface area contributed by atoms with E-state index in [1.165, 1.54) is 23.3 Å². The molecule has 0 aromatic heterocycles. The van der Waals surface area contributed by atoms with Gasteiger partial charge in [-0.1, -0.05) is 56.3 Å². The fourth-order valence-electron chi connectivity index (χ4n) is 2.44. The molecule has 0 unspecified atom stereocenters. The quantitative estimate of drug-likeness (QED) is 0.664. The Morgan fingerprint density at radius 2 is 1.68 bits per heavy atom. The normalized spacial score (nSPS) is 10.8. The highest BCUT2D eigenvalue weighted by atomic mass is 19.1. The van der Waals surface area contributed by atoms with Crippen molar-refractivity contribution >= 4 is 5.57 Å². The summed E-state index contributed by atoms with van der Waals surface area (Å²) in [4.78, 5) is 0. The summed E-state index contributed by atoms with van der Waals surface area (Å²) in [6.45, 7) is 10.4. The summed E-state index contributed by atoms with van der Waals surface area (Å²) < 4.78 is 13.1. The van der Waals surface area contributed by atoms with Gasteiger partial charge in [0, 0.05) is 0 Å². The third kappa shape index (κ3) is 2.76. The Labute approximate surface area is 114 Å². The first-order chi connectivity index (χ1) is 9.00. The number of halogens is 1. The fourth-order valence-corrected chi connectivity index (χ4v) is 2.44. The summed E-state index contributed by atoms with van der Waals surface area (Å²) in [7, 11) is 0. The van der Waals surface area contributed by atoms with Crippen molar-refractivity contribution in [2.24, 2.45) is 0 Å². The molecule has 1 heteroatoms. The molecule has 0 aliphatic heterocycles. The molecule has 0 bridgehead atoms. The Bertz CT molecular complexity index is 592. The maximum absolute atomic E-state index is 13.1. The number of benzene rings is 2. The SMILES string of the molecule is C=C(C)c1cccc(-c2ccc(F)cc2)c1C(C)C. The first-order valence-electron chi connectivity index (χ1n) is 6.55. The molecule has 2 aromatic carbocycles. The third-order valence-corrected chi connectivity index (χ3v) is 3.30. The minimum atomic E-state index is -0.203. The van der Waals surface area contributed by atoms with Crippen LogP contribution < -0.4 is 0 Å². The summed E-state index contributed by atoms with van der Waals surface area (Å²) in [6.07, 6.45) is 0. The lowest BCUT2D eigenvalue weighted by Crippen LogP contribution is -1.98. The van der Waals surface area contributed by atoms with E-state index in [9.17, 15) is 4.39 Å². The predicted molar refractivity (Wildman–Crippen MR) is 80.6 cm³/mol. The average Bonchev–Trinajstić information content (AvgIpc) is 2.38. The largest absolute Gasteiger partial charge is 0.207 e. The molecule has 0 heterocycles. The van der Waals surface area contributed by atoms with Gasteiger partial charge < -0.3 is 0 Å². The maximum atomic E-state index is 13.1. The van der Waals surface area contributed by atoms with Gasteiger partial charge in [0.05, 0.1) is 0 Å². The summed E-state index contributed by atoms with van der Waals surface area (Å²) in [5.74, 6) is 0.193. The van der Waals surface area contributed by atoms with Crippen LogP contribution in [0, 0.1) is 5.82 Å². The summed E-state index contributed by atoms with van der Waals surface area (Å²) in [6, 6.07) is 12.9. The molecule has 0 atom stereocenters. The van der Waals surface area contributed by atoms with Gasteiger partial charge in [-0.2, -0.15) is 0 Å². The van der Waals surface area contributed by atoms with Crippen molar-refractivity contribution in [3.8, 4) is 11.1 Å². The smallest absolute Gasteiger partial charge is 0.123 e. The molecular formula is C18H19F. The molecule has 19 heavy (non-hydrogen) atoms. The summed E-state index contributed by atoms with van der Waals surface area (Å²) in [5, 5.41) is 0. The van der Waals surface area contributed by atoms with Crippen LogP contribution in [0.4, 0.5) is 4.39 Å². The van der Waals surface area contributed by atoms with Crippen molar-refractivity contribution in [2.45, 2.75) is 26.7 Å². The monoisotopic (exact) mass is 254 g/mol. The van der Waals surface area contributed by atoms with E-state index in [4.69, 9.17) is 0 Å². The van der Waals surface area contributed by atoms with Crippen molar-refractivity contribution < 1.29 is 4.39 Å². The second-order valence-electron chi connectivity index (χ2n) is 5.21. The number of rotatable bonds is 3. The van der Waals surface area contributed by atoms with E-state index in [2.05, 4.69) is 32.6 Å². The van der Waals surface area contributed by atoms with Crippen LogP contribution in [-0.4, -0.2) is 0 Å². The van der Waals surface area contributed by atoms with Crippen molar-refractivity contribution in [3.63, 3.8) is 0 Å². The standard InChI is InChI=1S/C18H19F/c1-12(2)16-6-5-7-17(18(16)13(3)4)14-8-10-15(19)11-9-14/h5-11,13H,1H2,2-4H3. The third-order valence-electron chi connectivity index (χ3n) is 3.30. The Hall–Kier alpha value is -1.89. The lowest BCUT2D eigenvalue weighted by molar-refractivity contribution is 0.628. The molecular weight excluding hydrogens is 235 g/mol. The lowest BCUT2D eigenvalue weighted by atomic mass is 9.86. The second-order valence-corrected chi connectivity index (χ2v) is 5.21. The molecule has 0 saturated carbocycles. The van der Waals surface area contributed by atoms with E-state index in [-0.39, 0.29) is 5.82 Å². The van der Waals surface area contributed by atoms with E-state index < -0.39 is 0 Å². The van der Waals surface area contributed by atoms with E-state index in [1.54, 1.807) is 0 Å². The van der Waals surface area contributed by atoms with Crippen LogP contribution in [0.5, 0.6) is 0 Å². The molecule has 0 saturated heterocycles. The predicted octanol–water partition coefficient (Wildman–Crippen LogP) is 5.65. The molecule has 0 fully saturated rings. The maximum Gasteiger partial charge on any atom is 0.123 e. The molecule has 2 rings (SSSR count). The summed E-state index contributed by atoms with van der Waals surface area (Å²) in [5.41, 5.74) is 5.75. The molecule has 0 spiro atoms. The highest BCUT2D eigenvalue weighted by Crippen LogP contribution is 2.34. The highest BCUT2D eigenvalue weighted by Gasteiger charge is 2.13. The van der Waals surface area contributed by atoms with Crippen LogP contribution in [0.15, 0.2) is 49.0 Å². The zero-order chi connectivity index (χ0) is 14.0. The molecule has 2 aromatic rings. The van der Waals surface area contributed by atoms with Crippen LogP contribution in [0.1, 0.15) is 37.8 Å². The fraction of sp³-hybridized carbons (Fsp3) is 0.222. The van der Waals surface area contributed by atoms with Gasteiger partial charge in [0.25, 0.3) is 0 Å². The van der Waals surface area contributed by atoms with Crippen molar-refractivity contribution in [1.82, 2.24) is 0 Å². The Morgan fingerprint density at radius 1 is 1.05 bits per heavy atom. The van der Waals surface area contributed by atoms with E-state index >= 15 is 0 Å². The van der Waals surface area contributed by atoms with Crippen molar-refractivity contribution in [1.29, 1.82) is 0 Å². The molecule has 0 nitrogen and oxygen atoms in total. The van der Waals surface area contributed by atoms with Gasteiger partial charge in [-0.05, 0) is 47.2 Å². The molecule has 0 N–H and O–H groups in total. The van der Waals surface area contributed by atoms with Crippen LogP contribution in [0.2, 0.25) is 0 Å². The number of allylic oxidation sites excluding steroid dienone is 1.